The fourth-order valence-electron chi connectivity index (χ4n) is 1.08. The molecule has 1 aromatic heterocycles. The minimum absolute atomic E-state index is 0.0480. The van der Waals surface area contributed by atoms with Crippen LogP contribution in [0.3, 0.4) is 0 Å². The summed E-state index contributed by atoms with van der Waals surface area (Å²) in [5.74, 6) is 0.716. The zero-order chi connectivity index (χ0) is 11.1. The number of carbonyl (C=O) groups is 2. The molecule has 1 aromatic rings. The van der Waals surface area contributed by atoms with Crippen molar-refractivity contribution in [2.75, 3.05) is 0 Å². The lowest BCUT2D eigenvalue weighted by Crippen LogP contribution is -2.00. The summed E-state index contributed by atoms with van der Waals surface area (Å²) in [6.45, 7) is 1.80. The molecule has 3 heteroatoms. The van der Waals surface area contributed by atoms with Crippen LogP contribution in [0.25, 0.3) is 6.08 Å². The van der Waals surface area contributed by atoms with E-state index < -0.39 is 0 Å². The van der Waals surface area contributed by atoms with Crippen LogP contribution in [-0.4, -0.2) is 11.6 Å². The standard InChI is InChI=1S/C12H14O3/c1-2-10(13)5-6-11(14)7-8-12-4-3-9-15-12/h3-4,7-9H,2,5-6H2,1H3. The van der Waals surface area contributed by atoms with Gasteiger partial charge in [0.05, 0.1) is 6.26 Å². The Balaban J connectivity index is 2.33. The van der Waals surface area contributed by atoms with Crippen LogP contribution >= 0.6 is 0 Å². The maximum absolute atomic E-state index is 11.3. The molecule has 0 aliphatic rings. The second kappa shape index (κ2) is 5.96. The minimum atomic E-state index is -0.0480. The van der Waals surface area contributed by atoms with E-state index in [-0.39, 0.29) is 18.0 Å². The monoisotopic (exact) mass is 206 g/mol. The molecule has 0 fully saturated rings. The number of Topliss-reactive ketones (excluding diaryl/α,β-unsaturated/α-hetero) is 1. The van der Waals surface area contributed by atoms with Crippen LogP contribution < -0.4 is 0 Å². The smallest absolute Gasteiger partial charge is 0.156 e. The third kappa shape index (κ3) is 4.40. The molecule has 0 saturated carbocycles. The molecule has 0 unspecified atom stereocenters. The summed E-state index contributed by atoms with van der Waals surface area (Å²) in [5, 5.41) is 0. The number of rotatable bonds is 6. The average molecular weight is 206 g/mol. The van der Waals surface area contributed by atoms with Gasteiger partial charge in [-0.15, -0.1) is 0 Å². The fraction of sp³-hybridized carbons (Fsp3) is 0.333. The number of hydrogen-bond acceptors (Lipinski definition) is 3. The van der Waals surface area contributed by atoms with Crippen LogP contribution in [0.15, 0.2) is 28.9 Å². The highest BCUT2D eigenvalue weighted by Gasteiger charge is 2.02. The first-order valence-corrected chi connectivity index (χ1v) is 4.98. The Morgan fingerprint density at radius 1 is 1.40 bits per heavy atom. The molecule has 0 radical (unpaired) electrons. The second-order valence-corrected chi connectivity index (χ2v) is 3.21. The maximum Gasteiger partial charge on any atom is 0.156 e. The molecule has 0 N–H and O–H groups in total. The normalized spacial score (nSPS) is 10.7. The zero-order valence-corrected chi connectivity index (χ0v) is 8.73. The van der Waals surface area contributed by atoms with Gasteiger partial charge in [0.1, 0.15) is 11.5 Å². The summed E-state index contributed by atoms with van der Waals surface area (Å²) in [4.78, 5) is 22.2. The first-order valence-electron chi connectivity index (χ1n) is 4.98. The molecule has 80 valence electrons. The van der Waals surface area contributed by atoms with Crippen LogP contribution in [0.1, 0.15) is 31.9 Å². The molecule has 0 aromatic carbocycles. The molecule has 0 atom stereocenters. The van der Waals surface area contributed by atoms with Crippen molar-refractivity contribution < 1.29 is 14.0 Å². The zero-order valence-electron chi connectivity index (χ0n) is 8.73. The molecule has 3 nitrogen and oxygen atoms in total. The number of furan rings is 1. The topological polar surface area (TPSA) is 47.3 Å². The van der Waals surface area contributed by atoms with Gasteiger partial charge in [0.2, 0.25) is 0 Å². The Morgan fingerprint density at radius 2 is 2.20 bits per heavy atom. The minimum Gasteiger partial charge on any atom is -0.465 e. The Morgan fingerprint density at radius 3 is 2.80 bits per heavy atom. The SMILES string of the molecule is CCC(=O)CCC(=O)C=Cc1ccco1. The van der Waals surface area contributed by atoms with E-state index in [1.165, 1.54) is 6.08 Å². The van der Waals surface area contributed by atoms with Crippen molar-refractivity contribution in [1.82, 2.24) is 0 Å². The molecule has 15 heavy (non-hydrogen) atoms. The first kappa shape index (κ1) is 11.4. The van der Waals surface area contributed by atoms with Crippen LogP contribution in [0.2, 0.25) is 0 Å². The van der Waals surface area contributed by atoms with Crippen molar-refractivity contribution in [3.63, 3.8) is 0 Å². The van der Waals surface area contributed by atoms with Gasteiger partial charge in [-0.05, 0) is 24.3 Å². The van der Waals surface area contributed by atoms with E-state index in [1.54, 1.807) is 31.4 Å². The van der Waals surface area contributed by atoms with Crippen molar-refractivity contribution in [2.24, 2.45) is 0 Å². The Labute approximate surface area is 88.8 Å². The lowest BCUT2D eigenvalue weighted by molar-refractivity contribution is -0.122. The first-order chi connectivity index (χ1) is 7.22. The van der Waals surface area contributed by atoms with Crippen LogP contribution in [0.4, 0.5) is 0 Å². The Bertz CT molecular complexity index is 347. The van der Waals surface area contributed by atoms with E-state index in [0.717, 1.165) is 0 Å². The number of ketones is 2. The van der Waals surface area contributed by atoms with Crippen LogP contribution in [0.5, 0.6) is 0 Å². The van der Waals surface area contributed by atoms with Crippen LogP contribution in [-0.2, 0) is 9.59 Å². The molecule has 0 saturated heterocycles. The van der Waals surface area contributed by atoms with Gasteiger partial charge in [-0.25, -0.2) is 0 Å². The lowest BCUT2D eigenvalue weighted by atomic mass is 10.1. The third-order valence-electron chi connectivity index (χ3n) is 2.02. The third-order valence-corrected chi connectivity index (χ3v) is 2.02. The van der Waals surface area contributed by atoms with Gasteiger partial charge in [0, 0.05) is 19.3 Å². The predicted octanol–water partition coefficient (Wildman–Crippen LogP) is 2.62. The van der Waals surface area contributed by atoms with Crippen molar-refractivity contribution >= 4 is 17.6 Å². The molecule has 0 aliphatic heterocycles. The van der Waals surface area contributed by atoms with Gasteiger partial charge in [-0.1, -0.05) is 6.92 Å². The summed E-state index contributed by atoms with van der Waals surface area (Å²) in [6, 6.07) is 3.52. The van der Waals surface area contributed by atoms with Crippen molar-refractivity contribution in [1.29, 1.82) is 0 Å². The Hall–Kier alpha value is -1.64. The Kier molecular flexibility index (Phi) is 4.54. The summed E-state index contributed by atoms with van der Waals surface area (Å²) in [5.41, 5.74) is 0. The maximum atomic E-state index is 11.3. The lowest BCUT2D eigenvalue weighted by Gasteiger charge is -1.93. The van der Waals surface area contributed by atoms with E-state index in [1.807, 2.05) is 0 Å². The number of hydrogen-bond donors (Lipinski definition) is 0. The molecule has 0 bridgehead atoms. The number of allylic oxidation sites excluding steroid dienone is 1. The summed E-state index contributed by atoms with van der Waals surface area (Å²) in [7, 11) is 0. The van der Waals surface area contributed by atoms with E-state index in [2.05, 4.69) is 0 Å². The second-order valence-electron chi connectivity index (χ2n) is 3.21. The molecule has 0 aliphatic carbocycles. The fourth-order valence-corrected chi connectivity index (χ4v) is 1.08. The van der Waals surface area contributed by atoms with Gasteiger partial charge in [-0.2, -0.15) is 0 Å². The van der Waals surface area contributed by atoms with Gasteiger partial charge in [-0.3, -0.25) is 9.59 Å². The highest BCUT2D eigenvalue weighted by Crippen LogP contribution is 2.04. The highest BCUT2D eigenvalue weighted by atomic mass is 16.3. The molecular weight excluding hydrogens is 192 g/mol. The largest absolute Gasteiger partial charge is 0.465 e. The van der Waals surface area contributed by atoms with Crippen LogP contribution in [0, 0.1) is 0 Å². The van der Waals surface area contributed by atoms with Gasteiger partial charge in [0.25, 0.3) is 0 Å². The predicted molar refractivity (Wildman–Crippen MR) is 57.3 cm³/mol. The van der Waals surface area contributed by atoms with Crippen molar-refractivity contribution in [3.05, 3.63) is 30.2 Å². The molecule has 0 spiro atoms. The van der Waals surface area contributed by atoms with E-state index in [0.29, 0.717) is 18.6 Å². The summed E-state index contributed by atoms with van der Waals surface area (Å²) < 4.78 is 5.02. The van der Waals surface area contributed by atoms with Gasteiger partial charge < -0.3 is 4.42 Å². The molecular formula is C12H14O3. The summed E-state index contributed by atoms with van der Waals surface area (Å²) >= 11 is 0. The number of carbonyl (C=O) groups excluding carboxylic acids is 2. The van der Waals surface area contributed by atoms with E-state index in [9.17, 15) is 9.59 Å². The average Bonchev–Trinajstić information content (AvgIpc) is 2.75. The highest BCUT2D eigenvalue weighted by molar-refractivity contribution is 5.95. The quantitative estimate of drug-likeness (QED) is 0.672. The molecule has 1 rings (SSSR count). The van der Waals surface area contributed by atoms with E-state index in [4.69, 9.17) is 4.42 Å². The van der Waals surface area contributed by atoms with Crippen molar-refractivity contribution in [3.8, 4) is 0 Å². The van der Waals surface area contributed by atoms with Crippen molar-refractivity contribution in [2.45, 2.75) is 26.2 Å². The molecule has 1 heterocycles. The van der Waals surface area contributed by atoms with Gasteiger partial charge in [0.15, 0.2) is 5.78 Å². The van der Waals surface area contributed by atoms with Gasteiger partial charge >= 0.3 is 0 Å². The summed E-state index contributed by atoms with van der Waals surface area (Å²) in [6.07, 6.45) is 5.71. The van der Waals surface area contributed by atoms with E-state index >= 15 is 0 Å². The molecule has 0 amide bonds.